The number of nitrogens with zero attached hydrogens (tertiary/aromatic N) is 1. The van der Waals surface area contributed by atoms with Crippen LogP contribution in [-0.4, -0.2) is 85.8 Å². The fraction of sp³-hybridized carbons (Fsp3) is 0.500. The third-order valence-corrected chi connectivity index (χ3v) is 4.94. The monoisotopic (exact) mass is 526 g/mol. The summed E-state index contributed by atoms with van der Waals surface area (Å²) in [4.78, 5) is 89.5. The minimum atomic E-state index is -1.58. The normalized spacial score (nSPS) is 13.9. The van der Waals surface area contributed by atoms with E-state index in [0.717, 1.165) is 0 Å². The van der Waals surface area contributed by atoms with Crippen molar-refractivity contribution in [3.05, 3.63) is 18.2 Å². The second-order valence-electron chi connectivity index (χ2n) is 8.02. The van der Waals surface area contributed by atoms with Crippen LogP contribution in [0.15, 0.2) is 12.5 Å². The summed E-state index contributed by atoms with van der Waals surface area (Å²) < 4.78 is 0. The Bertz CT molecular complexity index is 998. The van der Waals surface area contributed by atoms with Crippen molar-refractivity contribution in [3.8, 4) is 0 Å². The van der Waals surface area contributed by atoms with Crippen molar-refractivity contribution in [1.29, 1.82) is 0 Å². The number of carbonyl (C=O) groups is 7. The Morgan fingerprint density at radius 3 is 1.92 bits per heavy atom. The summed E-state index contributed by atoms with van der Waals surface area (Å²) in [6.45, 7) is 0. The lowest BCUT2D eigenvalue weighted by molar-refractivity contribution is -0.143. The first kappa shape index (κ1) is 30.5. The highest BCUT2D eigenvalue weighted by Crippen LogP contribution is 2.05. The molecule has 1 aromatic rings. The van der Waals surface area contributed by atoms with Crippen LogP contribution in [0.2, 0.25) is 0 Å². The molecule has 0 spiro atoms. The van der Waals surface area contributed by atoms with E-state index in [1.807, 2.05) is 0 Å². The third kappa shape index (κ3) is 11.6. The van der Waals surface area contributed by atoms with Crippen LogP contribution >= 0.6 is 0 Å². The van der Waals surface area contributed by atoms with E-state index in [4.69, 9.17) is 22.3 Å². The van der Waals surface area contributed by atoms with Gasteiger partial charge in [-0.3, -0.25) is 28.8 Å². The molecule has 0 fully saturated rings. The zero-order valence-electron chi connectivity index (χ0n) is 19.6. The van der Waals surface area contributed by atoms with E-state index in [0.29, 0.717) is 5.69 Å². The molecule has 0 radical (unpaired) electrons. The molecule has 5 amide bonds. The summed E-state index contributed by atoms with van der Waals surface area (Å²) in [7, 11) is 0. The zero-order chi connectivity index (χ0) is 28.1. The first-order valence-electron chi connectivity index (χ1n) is 10.9. The molecule has 17 nitrogen and oxygen atoms in total. The number of aromatic nitrogens is 2. The van der Waals surface area contributed by atoms with E-state index in [2.05, 4.69) is 25.9 Å². The number of amides is 5. The molecule has 0 aromatic carbocycles. The summed E-state index contributed by atoms with van der Waals surface area (Å²) in [5.74, 6) is -7.59. The van der Waals surface area contributed by atoms with Gasteiger partial charge in [-0.1, -0.05) is 0 Å². The van der Waals surface area contributed by atoms with Crippen molar-refractivity contribution in [3.63, 3.8) is 0 Å². The molecule has 0 aliphatic heterocycles. The molecule has 37 heavy (non-hydrogen) atoms. The second kappa shape index (κ2) is 14.8. The zero-order valence-corrected chi connectivity index (χ0v) is 19.6. The standard InChI is InChI=1S/C20H30N8O9/c21-10(5-9-7-24-8-25-9)17(33)28-13(6-15(23)30)19(35)26-11(2-4-16(31)32)18(34)27-12(20(36)37)1-3-14(22)29/h7-8,10-13H,1-6,21H2,(H2,22,29)(H2,23,30)(H,24,25)(H,26,35)(H,27,34)(H,28,33)(H,31,32)(H,36,37). The lowest BCUT2D eigenvalue weighted by atomic mass is 10.1. The average Bonchev–Trinajstić information content (AvgIpc) is 3.30. The molecule has 17 heteroatoms. The summed E-state index contributed by atoms with van der Waals surface area (Å²) in [5.41, 5.74) is 16.5. The van der Waals surface area contributed by atoms with Gasteiger partial charge < -0.3 is 48.3 Å². The molecule has 0 saturated carbocycles. The molecule has 0 bridgehead atoms. The predicted octanol–water partition coefficient (Wildman–Crippen LogP) is -4.18. The predicted molar refractivity (Wildman–Crippen MR) is 123 cm³/mol. The van der Waals surface area contributed by atoms with E-state index >= 15 is 0 Å². The van der Waals surface area contributed by atoms with E-state index in [1.165, 1.54) is 12.5 Å². The minimum absolute atomic E-state index is 0.0161. The van der Waals surface area contributed by atoms with Crippen LogP contribution < -0.4 is 33.2 Å². The number of primary amides is 2. The van der Waals surface area contributed by atoms with Gasteiger partial charge in [0, 0.05) is 31.2 Å². The van der Waals surface area contributed by atoms with Gasteiger partial charge >= 0.3 is 11.9 Å². The number of H-pyrrole nitrogens is 1. The molecule has 1 rings (SSSR count). The summed E-state index contributed by atoms with van der Waals surface area (Å²) >= 11 is 0. The average molecular weight is 527 g/mol. The van der Waals surface area contributed by atoms with Crippen molar-refractivity contribution in [2.45, 2.75) is 62.7 Å². The molecular weight excluding hydrogens is 496 g/mol. The highest BCUT2D eigenvalue weighted by molar-refractivity contribution is 5.96. The quantitative estimate of drug-likeness (QED) is 0.0937. The third-order valence-electron chi connectivity index (χ3n) is 4.94. The summed E-state index contributed by atoms with van der Waals surface area (Å²) in [5, 5.41) is 24.8. The maximum Gasteiger partial charge on any atom is 0.326 e. The van der Waals surface area contributed by atoms with Gasteiger partial charge in [-0.15, -0.1) is 0 Å². The van der Waals surface area contributed by atoms with Crippen molar-refractivity contribution >= 4 is 41.5 Å². The van der Waals surface area contributed by atoms with Crippen molar-refractivity contribution in [2.75, 3.05) is 0 Å². The lowest BCUT2D eigenvalue weighted by Gasteiger charge is -2.24. The van der Waals surface area contributed by atoms with Crippen LogP contribution in [0, 0.1) is 0 Å². The van der Waals surface area contributed by atoms with Gasteiger partial charge in [-0.25, -0.2) is 9.78 Å². The number of carbonyl (C=O) groups excluding carboxylic acids is 5. The Morgan fingerprint density at radius 1 is 0.838 bits per heavy atom. The molecular formula is C20H30N8O9. The fourth-order valence-electron chi connectivity index (χ4n) is 3.04. The largest absolute Gasteiger partial charge is 0.481 e. The van der Waals surface area contributed by atoms with Crippen LogP contribution in [0.25, 0.3) is 0 Å². The second-order valence-corrected chi connectivity index (χ2v) is 8.02. The first-order chi connectivity index (χ1) is 17.3. The Labute approximate surface area is 209 Å². The molecule has 204 valence electrons. The van der Waals surface area contributed by atoms with E-state index < -0.39 is 84.9 Å². The molecule has 1 heterocycles. The van der Waals surface area contributed by atoms with Crippen LogP contribution in [0.4, 0.5) is 0 Å². The van der Waals surface area contributed by atoms with E-state index in [-0.39, 0.29) is 19.3 Å². The molecule has 0 aliphatic rings. The number of aromatic amines is 1. The number of nitrogens with one attached hydrogen (secondary N) is 4. The number of hydrogen-bond acceptors (Lipinski definition) is 9. The van der Waals surface area contributed by atoms with E-state index in [9.17, 15) is 38.7 Å². The maximum atomic E-state index is 12.9. The SMILES string of the molecule is NC(=O)CCC(NC(=O)C(CCC(=O)O)NC(=O)C(CC(N)=O)NC(=O)C(N)Cc1cnc[nH]1)C(=O)O. The number of rotatable bonds is 17. The smallest absolute Gasteiger partial charge is 0.326 e. The highest BCUT2D eigenvalue weighted by atomic mass is 16.4. The summed E-state index contributed by atoms with van der Waals surface area (Å²) in [6, 6.07) is -5.88. The summed E-state index contributed by atoms with van der Waals surface area (Å²) in [6.07, 6.45) is 0.347. The molecule has 1 aromatic heterocycles. The van der Waals surface area contributed by atoms with Gasteiger partial charge in [-0.2, -0.15) is 0 Å². The van der Waals surface area contributed by atoms with Crippen molar-refractivity contribution < 1.29 is 43.8 Å². The van der Waals surface area contributed by atoms with Crippen molar-refractivity contribution in [2.24, 2.45) is 17.2 Å². The molecule has 12 N–H and O–H groups in total. The highest BCUT2D eigenvalue weighted by Gasteiger charge is 2.31. The Morgan fingerprint density at radius 2 is 1.41 bits per heavy atom. The number of aliphatic carboxylic acids is 2. The minimum Gasteiger partial charge on any atom is -0.481 e. The Hall–Kier alpha value is -4.54. The molecule has 4 atom stereocenters. The molecule has 0 aliphatic carbocycles. The van der Waals surface area contributed by atoms with Gasteiger partial charge in [0.25, 0.3) is 0 Å². The lowest BCUT2D eigenvalue weighted by Crippen LogP contribution is -2.58. The number of carboxylic acids is 2. The van der Waals surface area contributed by atoms with Gasteiger partial charge in [0.15, 0.2) is 0 Å². The maximum absolute atomic E-state index is 12.9. The van der Waals surface area contributed by atoms with Crippen LogP contribution in [0.1, 0.15) is 37.8 Å². The first-order valence-corrected chi connectivity index (χ1v) is 10.9. The van der Waals surface area contributed by atoms with Gasteiger partial charge in [0.05, 0.1) is 18.8 Å². The van der Waals surface area contributed by atoms with Crippen LogP contribution in [0.3, 0.4) is 0 Å². The van der Waals surface area contributed by atoms with Gasteiger partial charge in [-0.05, 0) is 12.8 Å². The topological polar surface area (TPSA) is 303 Å². The number of carboxylic acid groups (broad SMARTS) is 2. The fourth-order valence-corrected chi connectivity index (χ4v) is 3.04. The van der Waals surface area contributed by atoms with Crippen LogP contribution in [-0.2, 0) is 40.0 Å². The van der Waals surface area contributed by atoms with Gasteiger partial charge in [0.2, 0.25) is 29.5 Å². The van der Waals surface area contributed by atoms with Crippen LogP contribution in [0.5, 0.6) is 0 Å². The molecule has 0 saturated heterocycles. The number of nitrogens with two attached hydrogens (primary N) is 3. The Balaban J connectivity index is 2.99. The number of imidazole rings is 1. The number of hydrogen-bond donors (Lipinski definition) is 9. The Kier molecular flexibility index (Phi) is 12.2. The molecule has 4 unspecified atom stereocenters. The van der Waals surface area contributed by atoms with Gasteiger partial charge in [0.1, 0.15) is 18.1 Å². The van der Waals surface area contributed by atoms with E-state index in [1.54, 1.807) is 0 Å². The van der Waals surface area contributed by atoms with Crippen molar-refractivity contribution in [1.82, 2.24) is 25.9 Å².